The van der Waals surface area contributed by atoms with E-state index in [1.54, 1.807) is 11.8 Å². The van der Waals surface area contributed by atoms with E-state index in [1.807, 2.05) is 0 Å². The average Bonchev–Trinajstić information content (AvgIpc) is 2.08. The second kappa shape index (κ2) is 3.76. The summed E-state index contributed by atoms with van der Waals surface area (Å²) in [5, 5.41) is 5.06. The molecule has 0 unspecified atom stereocenters. The van der Waals surface area contributed by atoms with E-state index < -0.39 is 10.2 Å². The molecule has 13 heavy (non-hydrogen) atoms. The molecule has 0 saturated carbocycles. The third-order valence-corrected chi connectivity index (χ3v) is 4.61. The molecule has 2 N–H and O–H groups in total. The molecule has 0 aromatic carbocycles. The lowest BCUT2D eigenvalue weighted by Gasteiger charge is -2.21. The predicted octanol–water partition coefficient (Wildman–Crippen LogP) is 0.407. The minimum atomic E-state index is -3.48. The molecule has 0 bridgehead atoms. The summed E-state index contributed by atoms with van der Waals surface area (Å²) in [6.45, 7) is 5.33. The van der Waals surface area contributed by atoms with Crippen LogP contribution >= 0.6 is 11.8 Å². The highest BCUT2D eigenvalue weighted by molar-refractivity contribution is 8.00. The van der Waals surface area contributed by atoms with Gasteiger partial charge in [0.25, 0.3) is 10.2 Å². The molecular formula is C7H16N2O2S2. The number of rotatable bonds is 1. The topological polar surface area (TPSA) is 63.4 Å². The van der Waals surface area contributed by atoms with Gasteiger partial charge in [-0.3, -0.25) is 0 Å². The van der Waals surface area contributed by atoms with Crippen molar-refractivity contribution in [3.63, 3.8) is 0 Å². The highest BCUT2D eigenvalue weighted by atomic mass is 32.2. The molecule has 1 rings (SSSR count). The van der Waals surface area contributed by atoms with Crippen LogP contribution < -0.4 is 5.14 Å². The molecule has 1 fully saturated rings. The summed E-state index contributed by atoms with van der Waals surface area (Å²) >= 11 is 1.80. The molecule has 6 heteroatoms. The molecule has 1 heterocycles. The zero-order chi connectivity index (χ0) is 10.1. The van der Waals surface area contributed by atoms with Crippen molar-refractivity contribution in [2.75, 3.05) is 18.8 Å². The van der Waals surface area contributed by atoms with Crippen LogP contribution in [0.25, 0.3) is 0 Å². The molecule has 1 aliphatic rings. The van der Waals surface area contributed by atoms with E-state index in [0.29, 0.717) is 13.1 Å². The van der Waals surface area contributed by atoms with Crippen LogP contribution in [0, 0.1) is 0 Å². The molecule has 78 valence electrons. The van der Waals surface area contributed by atoms with Gasteiger partial charge in [-0.05, 0) is 6.42 Å². The zero-order valence-corrected chi connectivity index (χ0v) is 9.62. The lowest BCUT2D eigenvalue weighted by atomic mass is 10.1. The summed E-state index contributed by atoms with van der Waals surface area (Å²) in [6, 6.07) is 0. The summed E-state index contributed by atoms with van der Waals surface area (Å²) in [6.07, 6.45) is 0.855. The minimum Gasteiger partial charge on any atom is -0.216 e. The maximum Gasteiger partial charge on any atom is 0.276 e. The fourth-order valence-electron chi connectivity index (χ4n) is 1.26. The minimum absolute atomic E-state index is 0.166. The van der Waals surface area contributed by atoms with Crippen molar-refractivity contribution in [3.05, 3.63) is 0 Å². The molecule has 0 aliphatic carbocycles. The maximum absolute atomic E-state index is 11.0. The van der Waals surface area contributed by atoms with Gasteiger partial charge in [0.1, 0.15) is 0 Å². The van der Waals surface area contributed by atoms with Gasteiger partial charge in [-0.2, -0.15) is 24.5 Å². The van der Waals surface area contributed by atoms with Crippen molar-refractivity contribution >= 4 is 22.0 Å². The van der Waals surface area contributed by atoms with Crippen molar-refractivity contribution in [1.29, 1.82) is 0 Å². The van der Waals surface area contributed by atoms with Gasteiger partial charge in [0, 0.05) is 23.6 Å². The van der Waals surface area contributed by atoms with Crippen LogP contribution in [-0.2, 0) is 10.2 Å². The first-order valence-corrected chi connectivity index (χ1v) is 6.72. The van der Waals surface area contributed by atoms with Gasteiger partial charge in [0.15, 0.2) is 0 Å². The lowest BCUT2D eigenvalue weighted by Crippen LogP contribution is -2.38. The Balaban J connectivity index is 2.66. The van der Waals surface area contributed by atoms with Gasteiger partial charge in [0.05, 0.1) is 0 Å². The molecular weight excluding hydrogens is 208 g/mol. The second-order valence-corrected chi connectivity index (χ2v) is 7.15. The van der Waals surface area contributed by atoms with Crippen LogP contribution in [-0.4, -0.2) is 36.3 Å². The van der Waals surface area contributed by atoms with Crippen LogP contribution in [0.1, 0.15) is 20.3 Å². The zero-order valence-electron chi connectivity index (χ0n) is 7.99. The molecule has 0 aromatic heterocycles. The van der Waals surface area contributed by atoms with Crippen molar-refractivity contribution in [2.45, 2.75) is 25.0 Å². The maximum atomic E-state index is 11.0. The fourth-order valence-corrected chi connectivity index (χ4v) is 3.16. The average molecular weight is 224 g/mol. The van der Waals surface area contributed by atoms with Gasteiger partial charge in [-0.25, -0.2) is 5.14 Å². The van der Waals surface area contributed by atoms with E-state index in [0.717, 1.165) is 12.2 Å². The molecule has 0 radical (unpaired) electrons. The van der Waals surface area contributed by atoms with Crippen LogP contribution in [0.15, 0.2) is 0 Å². The number of hydrogen-bond acceptors (Lipinski definition) is 3. The Kier molecular flexibility index (Phi) is 3.27. The SMILES string of the molecule is CC1(C)CCN(S(N)(=O)=O)CCS1. The number of nitrogens with two attached hydrogens (primary N) is 1. The summed E-state index contributed by atoms with van der Waals surface area (Å²) in [7, 11) is -3.48. The standard InChI is InChI=1S/C7H16N2O2S2/c1-7(2)3-4-9(5-6-12-7)13(8,10)11/h3-6H2,1-2H3,(H2,8,10,11). The molecule has 0 amide bonds. The quantitative estimate of drug-likeness (QED) is 0.701. The van der Waals surface area contributed by atoms with Crippen molar-refractivity contribution < 1.29 is 8.42 Å². The Morgan fingerprint density at radius 2 is 2.00 bits per heavy atom. The monoisotopic (exact) mass is 224 g/mol. The van der Waals surface area contributed by atoms with Gasteiger partial charge < -0.3 is 0 Å². The Morgan fingerprint density at radius 3 is 2.54 bits per heavy atom. The summed E-state index contributed by atoms with van der Waals surface area (Å²) in [5.41, 5.74) is 0. The Bertz CT molecular complexity index is 274. The smallest absolute Gasteiger partial charge is 0.216 e. The molecule has 1 saturated heterocycles. The first-order chi connectivity index (χ1) is 5.81. The van der Waals surface area contributed by atoms with E-state index in [9.17, 15) is 8.42 Å². The Labute approximate surface area is 84.0 Å². The van der Waals surface area contributed by atoms with Crippen molar-refractivity contribution in [1.82, 2.24) is 4.31 Å². The highest BCUT2D eigenvalue weighted by Crippen LogP contribution is 2.30. The summed E-state index contributed by atoms with van der Waals surface area (Å²) < 4.78 is 23.6. The summed E-state index contributed by atoms with van der Waals surface area (Å²) in [4.78, 5) is 0. The Hall–Kier alpha value is 0.220. The van der Waals surface area contributed by atoms with Gasteiger partial charge >= 0.3 is 0 Å². The molecule has 4 nitrogen and oxygen atoms in total. The van der Waals surface area contributed by atoms with Crippen LogP contribution in [0.5, 0.6) is 0 Å². The van der Waals surface area contributed by atoms with Crippen LogP contribution in [0.3, 0.4) is 0 Å². The normalized spacial score (nSPS) is 25.5. The first kappa shape index (κ1) is 11.3. The van der Waals surface area contributed by atoms with Crippen molar-refractivity contribution in [2.24, 2.45) is 5.14 Å². The van der Waals surface area contributed by atoms with E-state index in [1.165, 1.54) is 4.31 Å². The number of thioether (sulfide) groups is 1. The number of hydrogen-bond donors (Lipinski definition) is 1. The molecule has 0 spiro atoms. The predicted molar refractivity (Wildman–Crippen MR) is 55.8 cm³/mol. The van der Waals surface area contributed by atoms with E-state index >= 15 is 0 Å². The van der Waals surface area contributed by atoms with E-state index in [2.05, 4.69) is 13.8 Å². The third-order valence-electron chi connectivity index (χ3n) is 2.16. The highest BCUT2D eigenvalue weighted by Gasteiger charge is 2.27. The van der Waals surface area contributed by atoms with Gasteiger partial charge in [-0.1, -0.05) is 13.8 Å². The first-order valence-electron chi connectivity index (χ1n) is 4.23. The lowest BCUT2D eigenvalue weighted by molar-refractivity contribution is 0.416. The fraction of sp³-hybridized carbons (Fsp3) is 1.00. The second-order valence-electron chi connectivity index (χ2n) is 3.80. The van der Waals surface area contributed by atoms with Crippen LogP contribution in [0.2, 0.25) is 0 Å². The van der Waals surface area contributed by atoms with E-state index in [-0.39, 0.29) is 4.75 Å². The van der Waals surface area contributed by atoms with Gasteiger partial charge in [0.2, 0.25) is 0 Å². The number of nitrogens with zero attached hydrogens (tertiary/aromatic N) is 1. The summed E-state index contributed by atoms with van der Waals surface area (Å²) in [5.74, 6) is 0.823. The van der Waals surface area contributed by atoms with E-state index in [4.69, 9.17) is 5.14 Å². The third kappa shape index (κ3) is 3.46. The van der Waals surface area contributed by atoms with Gasteiger partial charge in [-0.15, -0.1) is 0 Å². The largest absolute Gasteiger partial charge is 0.276 e. The molecule has 0 aromatic rings. The Morgan fingerprint density at radius 1 is 1.38 bits per heavy atom. The van der Waals surface area contributed by atoms with Crippen molar-refractivity contribution in [3.8, 4) is 0 Å². The molecule has 1 aliphatic heterocycles. The molecule has 0 atom stereocenters. The van der Waals surface area contributed by atoms with Crippen LogP contribution in [0.4, 0.5) is 0 Å².